The number of hydrogen-bond donors (Lipinski definition) is 1. The molecule has 6 heterocycles. The molecule has 44 heavy (non-hydrogen) atoms. The summed E-state index contributed by atoms with van der Waals surface area (Å²) in [4.78, 5) is 24.8. The molecule has 0 radical (unpaired) electrons. The van der Waals surface area contributed by atoms with Crippen LogP contribution in [0.1, 0.15) is 28.9 Å². The maximum atomic E-state index is 13.8. The number of aromatic nitrogens is 4. The number of carbonyl (C=O) groups excluding carboxylic acids is 1. The van der Waals surface area contributed by atoms with E-state index in [9.17, 15) is 22.0 Å². The number of fused-ring (bicyclic) bond motifs is 3. The predicted molar refractivity (Wildman–Crippen MR) is 159 cm³/mol. The van der Waals surface area contributed by atoms with Gasteiger partial charge >= 0.3 is 6.55 Å². The molecule has 2 aliphatic heterocycles. The zero-order chi connectivity index (χ0) is 30.9. The van der Waals surface area contributed by atoms with Crippen LogP contribution in [0.3, 0.4) is 0 Å². The van der Waals surface area contributed by atoms with Crippen LogP contribution in [0.4, 0.5) is 14.6 Å². The summed E-state index contributed by atoms with van der Waals surface area (Å²) >= 11 is 0. The molecule has 234 valence electrons. The van der Waals surface area contributed by atoms with Crippen molar-refractivity contribution in [1.29, 1.82) is 0 Å². The summed E-state index contributed by atoms with van der Waals surface area (Å²) in [6, 6.07) is 8.32. The van der Waals surface area contributed by atoms with Gasteiger partial charge < -0.3 is 24.3 Å². The van der Waals surface area contributed by atoms with Crippen LogP contribution >= 0.6 is 0 Å². The second kappa shape index (κ2) is 10.7. The number of imidazole rings is 1. The highest BCUT2D eigenvalue weighted by Gasteiger charge is 2.38. The Morgan fingerprint density at radius 3 is 2.68 bits per heavy atom. The van der Waals surface area contributed by atoms with Gasteiger partial charge in [-0.3, -0.25) is 9.20 Å². The number of halogens is 2. The topological polar surface area (TPSA) is 123 Å². The third-order valence-electron chi connectivity index (χ3n) is 8.64. The van der Waals surface area contributed by atoms with Crippen LogP contribution in [-0.4, -0.2) is 96.5 Å². The Balaban J connectivity index is 1.32. The zero-order valence-electron chi connectivity index (χ0n) is 24.5. The number of likely N-dealkylation sites (tertiary alicyclic amines) is 1. The van der Waals surface area contributed by atoms with Gasteiger partial charge in [0.25, 0.3) is 5.91 Å². The second-order valence-corrected chi connectivity index (χ2v) is 13.6. The van der Waals surface area contributed by atoms with E-state index in [1.54, 1.807) is 23.1 Å². The molecule has 2 atom stereocenters. The van der Waals surface area contributed by atoms with Crippen molar-refractivity contribution in [3.05, 3.63) is 41.6 Å². The first kappa shape index (κ1) is 28.9. The quantitative estimate of drug-likeness (QED) is 0.295. The lowest BCUT2D eigenvalue weighted by Gasteiger charge is -2.25. The van der Waals surface area contributed by atoms with E-state index in [0.717, 1.165) is 31.3 Å². The van der Waals surface area contributed by atoms with Crippen molar-refractivity contribution >= 4 is 38.4 Å². The van der Waals surface area contributed by atoms with E-state index in [1.165, 1.54) is 13.2 Å². The highest BCUT2D eigenvalue weighted by Crippen LogP contribution is 2.38. The third kappa shape index (κ3) is 4.96. The van der Waals surface area contributed by atoms with Crippen molar-refractivity contribution in [3.63, 3.8) is 0 Å². The minimum Gasteiger partial charge on any atom is -0.482 e. The van der Waals surface area contributed by atoms with E-state index in [4.69, 9.17) is 14.5 Å². The third-order valence-corrected chi connectivity index (χ3v) is 9.70. The second-order valence-electron chi connectivity index (χ2n) is 11.7. The number of anilines is 1. The highest BCUT2D eigenvalue weighted by molar-refractivity contribution is 7.92. The Morgan fingerprint density at radius 1 is 1.20 bits per heavy atom. The van der Waals surface area contributed by atoms with Gasteiger partial charge in [-0.2, -0.15) is 13.1 Å². The molecule has 1 amide bonds. The molecule has 4 aromatic rings. The Bertz CT molecular complexity index is 1870. The number of sulfonamides is 1. The molecular formula is C29H33F2N7O5S. The number of morpholine rings is 1. The van der Waals surface area contributed by atoms with Gasteiger partial charge in [0.15, 0.2) is 5.88 Å². The molecule has 1 aliphatic carbocycles. The Hall–Kier alpha value is -3.82. The average molecular weight is 630 g/mol. The molecule has 1 saturated carbocycles. The number of nitrogens with zero attached hydrogens (tertiary/aromatic N) is 6. The summed E-state index contributed by atoms with van der Waals surface area (Å²) in [5.41, 5.74) is 3.44. The number of nitrogens with one attached hydrogen (secondary N) is 1. The van der Waals surface area contributed by atoms with Crippen molar-refractivity contribution in [2.45, 2.75) is 45.0 Å². The smallest absolute Gasteiger partial charge is 0.329 e. The van der Waals surface area contributed by atoms with Crippen LogP contribution in [0, 0.1) is 12.8 Å². The minimum atomic E-state index is -4.27. The molecule has 2 saturated heterocycles. The Labute approximate surface area is 252 Å². The first-order chi connectivity index (χ1) is 21.0. The van der Waals surface area contributed by atoms with Crippen molar-refractivity contribution in [2.24, 2.45) is 5.92 Å². The summed E-state index contributed by atoms with van der Waals surface area (Å²) in [6.07, 6.45) is 2.74. The fourth-order valence-electron chi connectivity index (χ4n) is 6.33. The number of rotatable bonds is 8. The van der Waals surface area contributed by atoms with Crippen molar-refractivity contribution in [3.8, 4) is 17.3 Å². The van der Waals surface area contributed by atoms with Crippen LogP contribution in [0.2, 0.25) is 0 Å². The van der Waals surface area contributed by atoms with E-state index >= 15 is 0 Å². The van der Waals surface area contributed by atoms with Gasteiger partial charge in [-0.25, -0.2) is 18.4 Å². The van der Waals surface area contributed by atoms with E-state index in [2.05, 4.69) is 10.3 Å². The number of pyridine rings is 2. The number of hydrogen-bond acceptors (Lipinski definition) is 8. The number of methoxy groups -OCH3 is 1. The van der Waals surface area contributed by atoms with E-state index < -0.39 is 16.6 Å². The van der Waals surface area contributed by atoms with Gasteiger partial charge in [0, 0.05) is 43.2 Å². The molecule has 1 N–H and O–H groups in total. The van der Waals surface area contributed by atoms with Crippen molar-refractivity contribution < 1.29 is 31.5 Å². The molecule has 3 fully saturated rings. The zero-order valence-corrected chi connectivity index (χ0v) is 25.4. The normalized spacial score (nSPS) is 20.5. The molecule has 4 aromatic heterocycles. The maximum absolute atomic E-state index is 13.8. The number of amides is 1. The van der Waals surface area contributed by atoms with E-state index in [0.29, 0.717) is 71.7 Å². The molecule has 0 aromatic carbocycles. The first-order valence-electron chi connectivity index (χ1n) is 14.5. The van der Waals surface area contributed by atoms with Gasteiger partial charge in [0.2, 0.25) is 10.0 Å². The van der Waals surface area contributed by atoms with Crippen LogP contribution in [0.25, 0.3) is 28.1 Å². The minimum absolute atomic E-state index is 0.0254. The van der Waals surface area contributed by atoms with Crippen LogP contribution < -0.4 is 14.4 Å². The molecule has 7 rings (SSSR count). The lowest BCUT2D eigenvalue weighted by atomic mass is 10.2. The maximum Gasteiger partial charge on any atom is 0.329 e. The molecule has 15 heteroatoms. The molecule has 0 spiro atoms. The fourth-order valence-corrected chi connectivity index (χ4v) is 7.06. The van der Waals surface area contributed by atoms with Gasteiger partial charge in [-0.1, -0.05) is 0 Å². The lowest BCUT2D eigenvalue weighted by molar-refractivity contribution is 0.0176. The van der Waals surface area contributed by atoms with Crippen molar-refractivity contribution in [1.82, 2.24) is 29.2 Å². The van der Waals surface area contributed by atoms with Gasteiger partial charge in [-0.15, -0.1) is 0 Å². The number of alkyl halides is 2. The summed E-state index contributed by atoms with van der Waals surface area (Å²) in [6.45, 7) is 1.62. The SMILES string of the molecule is COc1cc(C(=O)N2C[C@@H]3NCCO[C@@H]3C2)cc2nc(-c3cc4ccc(N(C(F)F)S(C)(=O)=O)nc4n3CC3CC3)c(C)n12. The number of aryl methyl sites for hydroxylation is 1. The first-order valence-corrected chi connectivity index (χ1v) is 16.4. The van der Waals surface area contributed by atoms with Crippen LogP contribution in [0.15, 0.2) is 30.3 Å². The Morgan fingerprint density at radius 2 is 2.00 bits per heavy atom. The average Bonchev–Trinajstić information content (AvgIpc) is 3.44. The van der Waals surface area contributed by atoms with E-state index in [-0.39, 0.29) is 28.2 Å². The van der Waals surface area contributed by atoms with Crippen LogP contribution in [0.5, 0.6) is 5.88 Å². The molecule has 3 aliphatic rings. The summed E-state index contributed by atoms with van der Waals surface area (Å²) in [7, 11) is -2.73. The molecule has 12 nitrogen and oxygen atoms in total. The Kier molecular flexibility index (Phi) is 7.01. The predicted octanol–water partition coefficient (Wildman–Crippen LogP) is 2.88. The summed E-state index contributed by atoms with van der Waals surface area (Å²) in [5, 5.41) is 4.08. The monoisotopic (exact) mass is 629 g/mol. The summed E-state index contributed by atoms with van der Waals surface area (Å²) in [5.74, 6) is 0.339. The van der Waals surface area contributed by atoms with Gasteiger partial charge in [0.1, 0.15) is 22.8 Å². The largest absolute Gasteiger partial charge is 0.482 e. The molecular weight excluding hydrogens is 596 g/mol. The fraction of sp³-hybridized carbons (Fsp3) is 0.483. The molecule has 0 unspecified atom stereocenters. The van der Waals surface area contributed by atoms with Crippen LogP contribution in [-0.2, 0) is 21.3 Å². The summed E-state index contributed by atoms with van der Waals surface area (Å²) < 4.78 is 67.3. The lowest BCUT2D eigenvalue weighted by Crippen LogP contribution is -2.47. The standard InChI is InChI=1S/C29H33F2N7O5S/c1-16-26(21-10-18-6-7-23(38(29(30)31)44(3,40)41)34-27(18)36(21)13-17-4-5-17)33-24-11-19(12-25(42-2)37(16)24)28(39)35-14-20-22(15-35)43-9-8-32-20/h6-7,10-12,17,20,22,29,32H,4-5,8-9,13-15H2,1-3H3/t20-,22+/m0/s1. The highest BCUT2D eigenvalue weighted by atomic mass is 32.2. The van der Waals surface area contributed by atoms with Gasteiger partial charge in [0.05, 0.1) is 43.5 Å². The van der Waals surface area contributed by atoms with E-state index in [1.807, 2.05) is 22.0 Å². The van der Waals surface area contributed by atoms with Gasteiger partial charge in [-0.05, 0) is 49.9 Å². The molecule has 0 bridgehead atoms. The van der Waals surface area contributed by atoms with Crippen molar-refractivity contribution in [2.75, 3.05) is 43.9 Å². The number of ether oxygens (including phenoxy) is 2. The number of carbonyl (C=O) groups is 1.